The van der Waals surface area contributed by atoms with Gasteiger partial charge in [0.15, 0.2) is 0 Å². The zero-order valence-electron chi connectivity index (χ0n) is 10.4. The highest BCUT2D eigenvalue weighted by atomic mass is 16.6. The minimum absolute atomic E-state index is 0.399. The maximum absolute atomic E-state index is 5.58. The van der Waals surface area contributed by atoms with E-state index in [4.69, 9.17) is 14.2 Å². The lowest BCUT2D eigenvalue weighted by Crippen LogP contribution is -2.04. The van der Waals surface area contributed by atoms with Gasteiger partial charge in [-0.25, -0.2) is 0 Å². The molecule has 92 valence electrons. The van der Waals surface area contributed by atoms with E-state index in [9.17, 15) is 0 Å². The van der Waals surface area contributed by atoms with Gasteiger partial charge in [-0.15, -0.1) is 0 Å². The Bertz CT molecular complexity index is 384. The van der Waals surface area contributed by atoms with E-state index in [1.165, 1.54) is 16.7 Å². The Hall–Kier alpha value is -1.06. The number of benzene rings is 1. The minimum Gasteiger partial charge on any atom is -0.496 e. The summed E-state index contributed by atoms with van der Waals surface area (Å²) in [4.78, 5) is 0. The summed E-state index contributed by atoms with van der Waals surface area (Å²) in [5.41, 5.74) is 3.83. The molecule has 3 nitrogen and oxygen atoms in total. The fourth-order valence-electron chi connectivity index (χ4n) is 2.36. The normalized spacial score (nSPS) is 25.8. The summed E-state index contributed by atoms with van der Waals surface area (Å²) in [6.07, 6.45) is 2.72. The highest BCUT2D eigenvalue weighted by Gasteiger charge is 2.28. The van der Waals surface area contributed by atoms with E-state index in [0.29, 0.717) is 12.2 Å². The van der Waals surface area contributed by atoms with Crippen molar-refractivity contribution in [1.29, 1.82) is 0 Å². The fourth-order valence-corrected chi connectivity index (χ4v) is 2.36. The first-order chi connectivity index (χ1) is 8.26. The molecule has 1 aromatic carbocycles. The molecule has 0 amide bonds. The van der Waals surface area contributed by atoms with Crippen molar-refractivity contribution in [3.05, 3.63) is 28.8 Å². The van der Waals surface area contributed by atoms with Crippen LogP contribution in [0.15, 0.2) is 12.1 Å². The van der Waals surface area contributed by atoms with Gasteiger partial charge in [0.2, 0.25) is 0 Å². The lowest BCUT2D eigenvalue weighted by Gasteiger charge is -2.14. The second-order valence-electron chi connectivity index (χ2n) is 4.94. The zero-order valence-corrected chi connectivity index (χ0v) is 10.4. The summed E-state index contributed by atoms with van der Waals surface area (Å²) in [6.45, 7) is 3.91. The Labute approximate surface area is 102 Å². The van der Waals surface area contributed by atoms with Crippen LogP contribution in [0.2, 0.25) is 0 Å². The van der Waals surface area contributed by atoms with Gasteiger partial charge in [-0.05, 0) is 18.1 Å². The Morgan fingerprint density at radius 1 is 1.12 bits per heavy atom. The van der Waals surface area contributed by atoms with E-state index in [2.05, 4.69) is 19.1 Å². The monoisotopic (exact) mass is 234 g/mol. The number of ether oxygens (including phenoxy) is 3. The molecule has 0 aliphatic carbocycles. The van der Waals surface area contributed by atoms with Gasteiger partial charge in [0, 0.05) is 12.8 Å². The molecule has 0 spiro atoms. The van der Waals surface area contributed by atoms with Crippen molar-refractivity contribution in [2.75, 3.05) is 20.3 Å². The Morgan fingerprint density at radius 3 is 1.94 bits per heavy atom. The van der Waals surface area contributed by atoms with Gasteiger partial charge in [0.1, 0.15) is 5.75 Å². The van der Waals surface area contributed by atoms with Crippen LogP contribution in [-0.4, -0.2) is 32.5 Å². The second-order valence-corrected chi connectivity index (χ2v) is 4.94. The number of aryl methyl sites for hydroxylation is 1. The van der Waals surface area contributed by atoms with Crippen molar-refractivity contribution in [3.63, 3.8) is 0 Å². The van der Waals surface area contributed by atoms with Crippen molar-refractivity contribution in [2.24, 2.45) is 0 Å². The summed E-state index contributed by atoms with van der Waals surface area (Å²) in [7, 11) is 1.75. The standard InChI is InChI=1S/C14H18O3/c1-9-3-10(5-12-7-16-12)14(15-2)11(4-9)6-13-8-17-13/h3-4,12-13H,5-8H2,1-2H3. The maximum atomic E-state index is 5.58. The van der Waals surface area contributed by atoms with Crippen LogP contribution in [0.5, 0.6) is 5.75 Å². The largest absolute Gasteiger partial charge is 0.496 e. The quantitative estimate of drug-likeness (QED) is 0.730. The van der Waals surface area contributed by atoms with Gasteiger partial charge < -0.3 is 14.2 Å². The van der Waals surface area contributed by atoms with Gasteiger partial charge in [-0.2, -0.15) is 0 Å². The molecule has 17 heavy (non-hydrogen) atoms. The minimum atomic E-state index is 0.399. The number of methoxy groups -OCH3 is 1. The zero-order chi connectivity index (χ0) is 11.8. The van der Waals surface area contributed by atoms with Crippen LogP contribution >= 0.6 is 0 Å². The Balaban J connectivity index is 1.90. The van der Waals surface area contributed by atoms with E-state index in [0.717, 1.165) is 31.8 Å². The van der Waals surface area contributed by atoms with Gasteiger partial charge in [-0.3, -0.25) is 0 Å². The summed E-state index contributed by atoms with van der Waals surface area (Å²) in [5, 5.41) is 0. The molecule has 0 aromatic heterocycles. The molecule has 2 aliphatic heterocycles. The molecule has 2 aliphatic rings. The molecule has 2 atom stereocenters. The van der Waals surface area contributed by atoms with Gasteiger partial charge >= 0.3 is 0 Å². The number of hydrogen-bond acceptors (Lipinski definition) is 3. The van der Waals surface area contributed by atoms with E-state index in [1.807, 2.05) is 0 Å². The van der Waals surface area contributed by atoms with Gasteiger partial charge in [-0.1, -0.05) is 17.7 Å². The number of hydrogen-bond donors (Lipinski definition) is 0. The Kier molecular flexibility index (Phi) is 2.81. The van der Waals surface area contributed by atoms with E-state index in [1.54, 1.807) is 7.11 Å². The number of rotatable bonds is 5. The molecule has 1 aromatic rings. The van der Waals surface area contributed by atoms with Crippen molar-refractivity contribution in [1.82, 2.24) is 0 Å². The molecule has 3 heteroatoms. The summed E-state index contributed by atoms with van der Waals surface area (Å²) in [5.74, 6) is 1.03. The molecule has 2 fully saturated rings. The van der Waals surface area contributed by atoms with Crippen molar-refractivity contribution in [2.45, 2.75) is 32.0 Å². The van der Waals surface area contributed by atoms with Gasteiger partial charge in [0.25, 0.3) is 0 Å². The highest BCUT2D eigenvalue weighted by molar-refractivity contribution is 5.45. The lowest BCUT2D eigenvalue weighted by molar-refractivity contribution is 0.380. The van der Waals surface area contributed by atoms with Crippen LogP contribution in [0.1, 0.15) is 16.7 Å². The van der Waals surface area contributed by atoms with Gasteiger partial charge in [0.05, 0.1) is 32.5 Å². The van der Waals surface area contributed by atoms with Crippen LogP contribution in [-0.2, 0) is 22.3 Å². The van der Waals surface area contributed by atoms with Crippen LogP contribution in [0.3, 0.4) is 0 Å². The van der Waals surface area contributed by atoms with E-state index in [-0.39, 0.29) is 0 Å². The molecular weight excluding hydrogens is 216 g/mol. The third kappa shape index (κ3) is 2.61. The molecule has 3 rings (SSSR count). The molecule has 0 N–H and O–H groups in total. The summed E-state index contributed by atoms with van der Waals surface area (Å²) < 4.78 is 16.2. The van der Waals surface area contributed by atoms with Crippen LogP contribution < -0.4 is 4.74 Å². The molecule has 2 saturated heterocycles. The average Bonchev–Trinajstić information content (AvgIpc) is 3.12. The third-order valence-corrected chi connectivity index (χ3v) is 3.29. The Morgan fingerprint density at radius 2 is 1.59 bits per heavy atom. The van der Waals surface area contributed by atoms with Crippen LogP contribution in [0.4, 0.5) is 0 Å². The molecule has 0 saturated carbocycles. The summed E-state index contributed by atoms with van der Waals surface area (Å²) in [6, 6.07) is 4.41. The highest BCUT2D eigenvalue weighted by Crippen LogP contribution is 2.32. The topological polar surface area (TPSA) is 34.3 Å². The molecule has 2 unspecified atom stereocenters. The predicted octanol–water partition coefficient (Wildman–Crippen LogP) is 1.89. The predicted molar refractivity (Wildman–Crippen MR) is 64.6 cm³/mol. The van der Waals surface area contributed by atoms with Crippen LogP contribution in [0, 0.1) is 6.92 Å². The van der Waals surface area contributed by atoms with Crippen molar-refractivity contribution >= 4 is 0 Å². The first kappa shape index (κ1) is 11.1. The molecule has 2 heterocycles. The lowest BCUT2D eigenvalue weighted by atomic mass is 9.98. The first-order valence-electron chi connectivity index (χ1n) is 6.16. The first-order valence-corrected chi connectivity index (χ1v) is 6.16. The summed E-state index contributed by atoms with van der Waals surface area (Å²) >= 11 is 0. The van der Waals surface area contributed by atoms with E-state index >= 15 is 0 Å². The molecule has 0 radical (unpaired) electrons. The van der Waals surface area contributed by atoms with E-state index < -0.39 is 0 Å². The smallest absolute Gasteiger partial charge is 0.125 e. The van der Waals surface area contributed by atoms with Crippen molar-refractivity contribution in [3.8, 4) is 5.75 Å². The second kappa shape index (κ2) is 4.31. The third-order valence-electron chi connectivity index (χ3n) is 3.29. The SMILES string of the molecule is COc1c(CC2CO2)cc(C)cc1CC1CO1. The van der Waals surface area contributed by atoms with Crippen LogP contribution in [0.25, 0.3) is 0 Å². The number of epoxide rings is 2. The molecular formula is C14H18O3. The fraction of sp³-hybridized carbons (Fsp3) is 0.571. The average molecular weight is 234 g/mol. The van der Waals surface area contributed by atoms with Crippen molar-refractivity contribution < 1.29 is 14.2 Å². The maximum Gasteiger partial charge on any atom is 0.125 e. The molecule has 0 bridgehead atoms.